The lowest BCUT2D eigenvalue weighted by atomic mass is 9.95. The highest BCUT2D eigenvalue weighted by Crippen LogP contribution is 2.55. The summed E-state index contributed by atoms with van der Waals surface area (Å²) < 4.78 is 50.6. The predicted octanol–water partition coefficient (Wildman–Crippen LogP) is 35.1. The second-order valence-corrected chi connectivity index (χ2v) is 40.3. The lowest BCUT2D eigenvalue weighted by Crippen LogP contribution is -2.01. The van der Waals surface area contributed by atoms with Crippen LogP contribution in [0.15, 0.2) is 194 Å². The van der Waals surface area contributed by atoms with Gasteiger partial charge in [-0.3, -0.25) is 0 Å². The molecule has 8 heterocycles. The minimum Gasteiger partial charge on any atom is -0.494 e. The molecule has 626 valence electrons. The molecule has 6 nitrogen and oxygen atoms in total. The predicted molar refractivity (Wildman–Crippen MR) is 525 cm³/mol. The number of rotatable bonds is 39. The Kier molecular flexibility index (Phi) is 28.3. The monoisotopic (exact) mass is 1730 g/mol. The van der Waals surface area contributed by atoms with Gasteiger partial charge in [0.2, 0.25) is 0 Å². The number of aryl methyl sites for hydroxylation is 4. The first-order valence-corrected chi connectivity index (χ1v) is 49.7. The Hall–Kier alpha value is -9.38. The lowest BCUT2D eigenvalue weighted by Gasteiger charge is -2.16. The van der Waals surface area contributed by atoms with Gasteiger partial charge in [0, 0.05) is 130 Å². The molecule has 0 N–H and O–H groups in total. The number of ether oxygens (including phenoxy) is 2. The molecule has 0 radical (unpaired) electrons. The quantitative estimate of drug-likeness (QED) is 0.0358. The number of nitrogens with zero attached hydrogens (tertiary/aromatic N) is 4. The highest BCUT2D eigenvalue weighted by atomic mass is 32.1. The third-order valence-electron chi connectivity index (χ3n) is 24.2. The number of thiophene rings is 6. The summed E-state index contributed by atoms with van der Waals surface area (Å²) in [5.41, 5.74) is 18.6. The van der Waals surface area contributed by atoms with Crippen LogP contribution in [0.2, 0.25) is 0 Å². The second kappa shape index (κ2) is 40.1. The van der Waals surface area contributed by atoms with E-state index < -0.39 is 11.6 Å². The maximum Gasteiger partial charge on any atom is 0.132 e. The first-order valence-electron chi connectivity index (χ1n) is 44.8. The molecule has 0 aliphatic rings. The van der Waals surface area contributed by atoms with E-state index in [1.165, 1.54) is 193 Å². The van der Waals surface area contributed by atoms with E-state index in [0.717, 1.165) is 160 Å². The van der Waals surface area contributed by atoms with Crippen molar-refractivity contribution in [2.45, 2.75) is 210 Å². The smallest absolute Gasteiger partial charge is 0.132 e. The summed E-state index contributed by atoms with van der Waals surface area (Å²) in [7, 11) is 0. The van der Waals surface area contributed by atoms with Crippen molar-refractivity contribution < 1.29 is 18.3 Å². The minimum absolute atomic E-state index is 0.187. The molecule has 0 saturated carbocycles. The molecule has 16 aromatic rings. The van der Waals surface area contributed by atoms with Gasteiger partial charge in [-0.1, -0.05) is 253 Å². The molecular formula is C108H112F2N4O2S6. The molecule has 16 rings (SSSR count). The molecule has 2 unspecified atom stereocenters. The lowest BCUT2D eigenvalue weighted by molar-refractivity contribution is 0.304. The molecule has 0 amide bonds. The van der Waals surface area contributed by atoms with Gasteiger partial charge in [-0.2, -0.15) is 0 Å². The zero-order chi connectivity index (χ0) is 84.3. The summed E-state index contributed by atoms with van der Waals surface area (Å²) in [5, 5.41) is 2.57. The fourth-order valence-electron chi connectivity index (χ4n) is 17.4. The normalized spacial score (nSPS) is 12.3. The van der Waals surface area contributed by atoms with E-state index >= 15 is 8.78 Å². The maximum absolute atomic E-state index is 17.6. The van der Waals surface area contributed by atoms with E-state index in [-0.39, 0.29) is 11.1 Å². The molecule has 0 bridgehead atoms. The average Bonchev–Trinajstić information content (AvgIpc) is 1.53. The van der Waals surface area contributed by atoms with Gasteiger partial charge in [0.05, 0.1) is 58.1 Å². The summed E-state index contributed by atoms with van der Waals surface area (Å²) in [5.74, 6) is 1.86. The van der Waals surface area contributed by atoms with Crippen molar-refractivity contribution in [2.24, 2.45) is 11.8 Å². The topological polar surface area (TPSA) is 70.0 Å². The highest BCUT2D eigenvalue weighted by molar-refractivity contribution is 7.25. The third kappa shape index (κ3) is 19.3. The van der Waals surface area contributed by atoms with E-state index in [0.29, 0.717) is 40.3 Å². The van der Waals surface area contributed by atoms with Crippen LogP contribution in [-0.2, 0) is 12.8 Å². The molecule has 0 spiro atoms. The van der Waals surface area contributed by atoms with Crippen LogP contribution in [0, 0.1) is 51.2 Å². The van der Waals surface area contributed by atoms with Gasteiger partial charge in [0.25, 0.3) is 0 Å². The van der Waals surface area contributed by atoms with Gasteiger partial charge in [0.1, 0.15) is 23.1 Å². The molecule has 0 aliphatic carbocycles. The van der Waals surface area contributed by atoms with Gasteiger partial charge in [-0.15, -0.1) is 68.0 Å². The van der Waals surface area contributed by atoms with Crippen LogP contribution in [0.25, 0.3) is 160 Å². The van der Waals surface area contributed by atoms with Crippen LogP contribution < -0.4 is 9.47 Å². The van der Waals surface area contributed by atoms with Crippen molar-refractivity contribution in [2.75, 3.05) is 13.2 Å². The first kappa shape index (κ1) is 86.2. The van der Waals surface area contributed by atoms with E-state index in [2.05, 4.69) is 209 Å². The fraction of sp³-hybridized carbons (Fsp3) is 0.333. The van der Waals surface area contributed by atoms with Crippen LogP contribution in [-0.4, -0.2) is 33.1 Å². The summed E-state index contributed by atoms with van der Waals surface area (Å²) >= 11 is 10.6. The van der Waals surface area contributed by atoms with Crippen LogP contribution in [0.1, 0.15) is 201 Å². The Morgan fingerprint density at radius 2 is 0.705 bits per heavy atom. The Labute approximate surface area is 744 Å². The van der Waals surface area contributed by atoms with Crippen LogP contribution in [0.5, 0.6) is 11.5 Å². The van der Waals surface area contributed by atoms with E-state index in [1.54, 1.807) is 0 Å². The number of hydrogen-bond donors (Lipinski definition) is 0. The molecule has 14 heteroatoms. The molecule has 0 saturated heterocycles. The highest BCUT2D eigenvalue weighted by Gasteiger charge is 2.29. The number of aromatic nitrogens is 4. The Balaban J connectivity index is 0.803. The Morgan fingerprint density at radius 3 is 1.16 bits per heavy atom. The fourth-order valence-corrected chi connectivity index (χ4v) is 24.4. The van der Waals surface area contributed by atoms with Crippen LogP contribution in [0.3, 0.4) is 0 Å². The van der Waals surface area contributed by atoms with Crippen molar-refractivity contribution in [1.82, 2.24) is 19.9 Å². The second-order valence-electron chi connectivity index (χ2n) is 33.5. The van der Waals surface area contributed by atoms with Crippen molar-refractivity contribution in [1.29, 1.82) is 0 Å². The molecule has 0 fully saturated rings. The number of benzene rings is 8. The summed E-state index contributed by atoms with van der Waals surface area (Å²) in [6, 6.07) is 67.4. The van der Waals surface area contributed by atoms with Gasteiger partial charge in [-0.25, -0.2) is 28.7 Å². The van der Waals surface area contributed by atoms with Crippen molar-refractivity contribution >= 4 is 110 Å². The van der Waals surface area contributed by atoms with E-state index in [1.807, 2.05) is 87.8 Å². The van der Waals surface area contributed by atoms with Crippen LogP contribution in [0.4, 0.5) is 8.78 Å². The molecule has 8 aromatic carbocycles. The number of hydrogen-bond acceptors (Lipinski definition) is 12. The largest absolute Gasteiger partial charge is 0.494 e. The Morgan fingerprint density at radius 1 is 0.320 bits per heavy atom. The Bertz CT molecular complexity index is 6240. The summed E-state index contributed by atoms with van der Waals surface area (Å²) in [4.78, 5) is 33.8. The SMILES string of the molecule is CCCCCCCCOc1cccc(-c2nc3c(C)ccc(-c4ccc(-c5cc(F)c(-c6ccc(-c7ccc(-c8cc9c(-c%10ccc(CC(CC)CCCC)s%10)c%10sc(C)cc%10c(-c%10ccc(CC(CC)CCCC)s%10)c9s8)c8nc(-c9cccc(C)c9)c(-c9cccc(OCCCCCCCC)c9)nc78)s6)cc5F)s4)c3nc2-c2cccc(C)c2)c1. The van der Waals surface area contributed by atoms with Crippen molar-refractivity contribution in [3.05, 3.63) is 237 Å². The maximum atomic E-state index is 17.6. The summed E-state index contributed by atoms with van der Waals surface area (Å²) in [6.45, 7) is 23.7. The molecule has 8 aromatic heterocycles. The molecule has 0 aliphatic heterocycles. The van der Waals surface area contributed by atoms with Crippen LogP contribution >= 0.6 is 68.0 Å². The first-order chi connectivity index (χ1) is 59.7. The standard InChI is InChI=1S/C108H112F2N4O2S6/c1-11-17-21-23-25-27-55-115-77-41-31-39-75(62-77)102-100(73-37-29-33-67(7)57-73)112-104-81(46-43-69(9)99(104)111-102)90-51-53-92(120-90)84-64-89(110)85(65-88(84)109)93-54-52-91(121-93)82-47-48-83(106-105(82)114-103(101(113-106)74-38-30-34-68(8)58-74)76-40-32-42-78(63-76)116-56-28-26-24-22-18-12-2)96-66-87-98(95-50-45-80(119-95)61-72(16-6)36-20-14-4)107-86(59-70(10)117-107)97(108(87)122-96)94-49-44-79(118-94)60-71(15-5)35-19-13-3/h29-34,37-54,57-59,62-66,71-72H,11-28,35-36,55-56,60-61H2,1-10H3. The number of fused-ring (bicyclic) bond motifs is 4. The third-order valence-corrected chi connectivity index (χ3v) is 31.0. The van der Waals surface area contributed by atoms with Gasteiger partial charge in [0.15, 0.2) is 0 Å². The van der Waals surface area contributed by atoms with E-state index in [4.69, 9.17) is 29.4 Å². The zero-order valence-electron chi connectivity index (χ0n) is 72.4. The van der Waals surface area contributed by atoms with Gasteiger partial charge in [-0.05, 0) is 180 Å². The average molecular weight is 1730 g/mol. The molecular weight excluding hydrogens is 1620 g/mol. The number of halogens is 2. The number of unbranched alkanes of at least 4 members (excludes halogenated alkanes) is 12. The van der Waals surface area contributed by atoms with E-state index in [9.17, 15) is 0 Å². The minimum atomic E-state index is -0.516. The summed E-state index contributed by atoms with van der Waals surface area (Å²) in [6.07, 6.45) is 26.1. The van der Waals surface area contributed by atoms with Crippen molar-refractivity contribution in [3.8, 4) is 130 Å². The van der Waals surface area contributed by atoms with Crippen molar-refractivity contribution in [3.63, 3.8) is 0 Å². The zero-order valence-corrected chi connectivity index (χ0v) is 77.3. The molecule has 2 atom stereocenters. The van der Waals surface area contributed by atoms with Gasteiger partial charge >= 0.3 is 0 Å². The van der Waals surface area contributed by atoms with Gasteiger partial charge < -0.3 is 9.47 Å². The molecule has 122 heavy (non-hydrogen) atoms.